The molecule has 0 unspecified atom stereocenters. The van der Waals surface area contributed by atoms with E-state index in [4.69, 9.17) is 26.8 Å². The Morgan fingerprint density at radius 1 is 1.12 bits per heavy atom. The monoisotopic (exact) mass is 249 g/mol. The van der Waals surface area contributed by atoms with Gasteiger partial charge < -0.3 is 15.2 Å². The van der Waals surface area contributed by atoms with Gasteiger partial charge in [-0.2, -0.15) is 0 Å². The summed E-state index contributed by atoms with van der Waals surface area (Å²) in [6, 6.07) is 7.21. The molecular weight excluding hydrogens is 242 g/mol. The number of halogens is 1. The van der Waals surface area contributed by atoms with Gasteiger partial charge in [0.2, 0.25) is 6.79 Å². The number of anilines is 1. The summed E-state index contributed by atoms with van der Waals surface area (Å²) in [5, 5.41) is 7.75. The van der Waals surface area contributed by atoms with Crippen LogP contribution in [-0.4, -0.2) is 17.0 Å². The average Bonchev–Trinajstić information content (AvgIpc) is 2.79. The Kier molecular flexibility index (Phi) is 2.26. The molecule has 0 saturated heterocycles. The predicted octanol–water partition coefficient (Wildman–Crippen LogP) is 2.11. The van der Waals surface area contributed by atoms with E-state index in [1.807, 2.05) is 18.2 Å². The fourth-order valence-electron chi connectivity index (χ4n) is 1.66. The highest BCUT2D eigenvalue weighted by atomic mass is 35.5. The van der Waals surface area contributed by atoms with Crippen LogP contribution in [0.1, 0.15) is 0 Å². The van der Waals surface area contributed by atoms with Crippen molar-refractivity contribution in [3.63, 3.8) is 0 Å². The number of benzene rings is 1. The van der Waals surface area contributed by atoms with Crippen LogP contribution in [0.4, 0.5) is 5.82 Å². The Hall–Kier alpha value is -2.01. The van der Waals surface area contributed by atoms with Gasteiger partial charge in [0.1, 0.15) is 5.82 Å². The molecule has 0 amide bonds. The maximum absolute atomic E-state index is 5.98. The molecule has 5 nitrogen and oxygen atoms in total. The van der Waals surface area contributed by atoms with Gasteiger partial charge in [-0.3, -0.25) is 0 Å². The topological polar surface area (TPSA) is 70.3 Å². The van der Waals surface area contributed by atoms with Crippen LogP contribution in [0, 0.1) is 0 Å². The minimum atomic E-state index is 0.239. The second-order valence-electron chi connectivity index (χ2n) is 3.54. The van der Waals surface area contributed by atoms with E-state index in [9.17, 15) is 0 Å². The number of hydrogen-bond donors (Lipinski definition) is 1. The maximum atomic E-state index is 5.98. The zero-order valence-corrected chi connectivity index (χ0v) is 9.44. The number of hydrogen-bond acceptors (Lipinski definition) is 5. The van der Waals surface area contributed by atoms with Gasteiger partial charge in [-0.1, -0.05) is 17.7 Å². The number of rotatable bonds is 1. The second-order valence-corrected chi connectivity index (χ2v) is 3.90. The molecule has 1 aromatic heterocycles. The van der Waals surface area contributed by atoms with Crippen molar-refractivity contribution in [1.82, 2.24) is 10.2 Å². The number of ether oxygens (including phenoxy) is 2. The predicted molar refractivity (Wildman–Crippen MR) is 63.0 cm³/mol. The molecule has 2 aromatic rings. The van der Waals surface area contributed by atoms with Crippen LogP contribution in [-0.2, 0) is 0 Å². The Labute approximate surface area is 102 Å². The molecule has 3 rings (SSSR count). The van der Waals surface area contributed by atoms with Gasteiger partial charge in [0.15, 0.2) is 16.7 Å². The second kappa shape index (κ2) is 3.78. The molecule has 2 heterocycles. The lowest BCUT2D eigenvalue weighted by Gasteiger charge is -2.05. The standard InChI is InChI=1S/C11H8ClN3O2/c12-11-7(4-10(13)14-15-11)6-1-2-8-9(3-6)17-5-16-8/h1-4H,5H2,(H2,13,14). The van der Waals surface area contributed by atoms with Crippen molar-refractivity contribution < 1.29 is 9.47 Å². The molecule has 0 aliphatic carbocycles. The summed E-state index contributed by atoms with van der Waals surface area (Å²) in [6.45, 7) is 0.239. The minimum absolute atomic E-state index is 0.239. The molecule has 0 fully saturated rings. The summed E-state index contributed by atoms with van der Waals surface area (Å²) in [6.07, 6.45) is 0. The van der Waals surface area contributed by atoms with E-state index in [-0.39, 0.29) is 6.79 Å². The largest absolute Gasteiger partial charge is 0.454 e. The first-order valence-electron chi connectivity index (χ1n) is 4.93. The Bertz CT molecular complexity index is 589. The molecule has 0 atom stereocenters. The number of fused-ring (bicyclic) bond motifs is 1. The molecular formula is C11H8ClN3O2. The van der Waals surface area contributed by atoms with E-state index >= 15 is 0 Å². The SMILES string of the molecule is Nc1cc(-c2ccc3c(c2)OCO3)c(Cl)nn1. The smallest absolute Gasteiger partial charge is 0.231 e. The first-order valence-corrected chi connectivity index (χ1v) is 5.30. The van der Waals surface area contributed by atoms with Crippen molar-refractivity contribution >= 4 is 17.4 Å². The van der Waals surface area contributed by atoms with Gasteiger partial charge in [0.25, 0.3) is 0 Å². The van der Waals surface area contributed by atoms with Gasteiger partial charge in [-0.25, -0.2) is 0 Å². The van der Waals surface area contributed by atoms with E-state index in [0.29, 0.717) is 16.7 Å². The Balaban J connectivity index is 2.12. The highest BCUT2D eigenvalue weighted by molar-refractivity contribution is 6.32. The van der Waals surface area contributed by atoms with Crippen molar-refractivity contribution in [3.05, 3.63) is 29.4 Å². The summed E-state index contributed by atoms with van der Waals surface area (Å²) in [5.41, 5.74) is 7.17. The molecule has 0 radical (unpaired) electrons. The van der Waals surface area contributed by atoms with Crippen molar-refractivity contribution in [1.29, 1.82) is 0 Å². The van der Waals surface area contributed by atoms with Crippen molar-refractivity contribution in [2.45, 2.75) is 0 Å². The molecule has 17 heavy (non-hydrogen) atoms. The number of nitrogens with zero attached hydrogens (tertiary/aromatic N) is 2. The maximum Gasteiger partial charge on any atom is 0.231 e. The molecule has 1 aliphatic rings. The van der Waals surface area contributed by atoms with E-state index in [1.54, 1.807) is 6.07 Å². The lowest BCUT2D eigenvalue weighted by atomic mass is 10.1. The molecule has 6 heteroatoms. The molecule has 0 bridgehead atoms. The Morgan fingerprint density at radius 2 is 1.94 bits per heavy atom. The van der Waals surface area contributed by atoms with Crippen molar-refractivity contribution in [2.75, 3.05) is 12.5 Å². The van der Waals surface area contributed by atoms with Crippen LogP contribution in [0.15, 0.2) is 24.3 Å². The van der Waals surface area contributed by atoms with E-state index in [0.717, 1.165) is 16.9 Å². The number of nitrogens with two attached hydrogens (primary N) is 1. The summed E-state index contributed by atoms with van der Waals surface area (Å²) in [5.74, 6) is 1.73. The molecule has 2 N–H and O–H groups in total. The van der Waals surface area contributed by atoms with Gasteiger partial charge in [0.05, 0.1) is 0 Å². The summed E-state index contributed by atoms with van der Waals surface area (Å²) in [4.78, 5) is 0. The lowest BCUT2D eigenvalue weighted by molar-refractivity contribution is 0.174. The fraction of sp³-hybridized carbons (Fsp3) is 0.0909. The fourth-order valence-corrected chi connectivity index (χ4v) is 1.86. The van der Waals surface area contributed by atoms with Gasteiger partial charge in [0, 0.05) is 5.56 Å². The van der Waals surface area contributed by atoms with Gasteiger partial charge in [-0.15, -0.1) is 10.2 Å². The molecule has 1 aromatic carbocycles. The first kappa shape index (κ1) is 10.2. The third-order valence-electron chi connectivity index (χ3n) is 2.45. The van der Waals surface area contributed by atoms with Crippen LogP contribution in [0.2, 0.25) is 5.15 Å². The zero-order chi connectivity index (χ0) is 11.8. The summed E-state index contributed by atoms with van der Waals surface area (Å²) < 4.78 is 10.5. The normalized spacial score (nSPS) is 12.8. The summed E-state index contributed by atoms with van der Waals surface area (Å²) >= 11 is 5.98. The quantitative estimate of drug-likeness (QED) is 0.838. The molecule has 0 saturated carbocycles. The minimum Gasteiger partial charge on any atom is -0.454 e. The molecule has 0 spiro atoms. The third-order valence-corrected chi connectivity index (χ3v) is 2.73. The van der Waals surface area contributed by atoms with E-state index in [2.05, 4.69) is 10.2 Å². The van der Waals surface area contributed by atoms with Crippen LogP contribution in [0.5, 0.6) is 11.5 Å². The number of nitrogen functional groups attached to an aromatic ring is 1. The Morgan fingerprint density at radius 3 is 2.82 bits per heavy atom. The van der Waals surface area contributed by atoms with Crippen LogP contribution < -0.4 is 15.2 Å². The average molecular weight is 250 g/mol. The van der Waals surface area contributed by atoms with Crippen molar-refractivity contribution in [2.24, 2.45) is 0 Å². The summed E-state index contributed by atoms with van der Waals surface area (Å²) in [7, 11) is 0. The lowest BCUT2D eigenvalue weighted by Crippen LogP contribution is -1.95. The highest BCUT2D eigenvalue weighted by Crippen LogP contribution is 2.37. The molecule has 1 aliphatic heterocycles. The zero-order valence-electron chi connectivity index (χ0n) is 8.68. The van der Waals surface area contributed by atoms with Crippen molar-refractivity contribution in [3.8, 4) is 22.6 Å². The van der Waals surface area contributed by atoms with Gasteiger partial charge >= 0.3 is 0 Å². The van der Waals surface area contributed by atoms with Crippen LogP contribution in [0.25, 0.3) is 11.1 Å². The number of aromatic nitrogens is 2. The van der Waals surface area contributed by atoms with Crippen LogP contribution in [0.3, 0.4) is 0 Å². The van der Waals surface area contributed by atoms with E-state index < -0.39 is 0 Å². The highest BCUT2D eigenvalue weighted by Gasteiger charge is 2.15. The van der Waals surface area contributed by atoms with E-state index in [1.165, 1.54) is 0 Å². The first-order chi connectivity index (χ1) is 8.24. The van der Waals surface area contributed by atoms with Crippen LogP contribution >= 0.6 is 11.6 Å². The third kappa shape index (κ3) is 1.74. The van der Waals surface area contributed by atoms with Gasteiger partial charge in [-0.05, 0) is 23.8 Å². The molecule has 86 valence electrons.